The van der Waals surface area contributed by atoms with E-state index >= 15 is 0 Å². The molecule has 5 heteroatoms. The van der Waals surface area contributed by atoms with E-state index in [0.717, 1.165) is 0 Å². The molecule has 5 nitrogen and oxygen atoms in total. The molecule has 110 valence electrons. The number of carbonyl (C=O) groups is 2. The van der Waals surface area contributed by atoms with E-state index in [0.29, 0.717) is 5.56 Å². The summed E-state index contributed by atoms with van der Waals surface area (Å²) in [6, 6.07) is 8.79. The average Bonchev–Trinajstić information content (AvgIpc) is 2.46. The Morgan fingerprint density at radius 2 is 1.85 bits per heavy atom. The van der Waals surface area contributed by atoms with Crippen molar-refractivity contribution in [2.75, 3.05) is 13.7 Å². The molecule has 0 radical (unpaired) electrons. The van der Waals surface area contributed by atoms with Crippen molar-refractivity contribution in [3.63, 3.8) is 0 Å². The molecule has 1 rings (SSSR count). The third kappa shape index (κ3) is 4.66. The van der Waals surface area contributed by atoms with Crippen LogP contribution in [0, 0.1) is 0 Å². The summed E-state index contributed by atoms with van der Waals surface area (Å²) in [5, 5.41) is 10.7. The van der Waals surface area contributed by atoms with Crippen molar-refractivity contribution in [1.29, 1.82) is 0 Å². The van der Waals surface area contributed by atoms with E-state index in [1.165, 1.54) is 7.11 Å². The Labute approximate surface area is 118 Å². The van der Waals surface area contributed by atoms with Crippen molar-refractivity contribution in [2.24, 2.45) is 0 Å². The van der Waals surface area contributed by atoms with E-state index in [9.17, 15) is 14.7 Å². The Kier molecular flexibility index (Phi) is 6.18. The number of hydrogen-bond donors (Lipinski definition) is 1. The molecule has 1 aromatic rings. The molecule has 0 fully saturated rings. The highest BCUT2D eigenvalue weighted by molar-refractivity contribution is 5.72. The average molecular weight is 280 g/mol. The third-order valence-electron chi connectivity index (χ3n) is 3.02. The molecule has 0 aromatic heterocycles. The normalized spacial score (nSPS) is 13.3. The summed E-state index contributed by atoms with van der Waals surface area (Å²) in [5.74, 6) is -0.924. The van der Waals surface area contributed by atoms with Crippen LogP contribution in [0.3, 0.4) is 0 Å². The Hall–Kier alpha value is -1.88. The monoisotopic (exact) mass is 280 g/mol. The molecule has 1 atom stereocenters. The largest absolute Gasteiger partial charge is 0.469 e. The standard InChI is InChI=1S/C15H20O5/c1-3-20-14(17)11-15(18,10-9-13(16)19-2)12-7-5-4-6-8-12/h4-8,18H,3,9-11H2,1-2H3. The van der Waals surface area contributed by atoms with Gasteiger partial charge in [-0.1, -0.05) is 30.3 Å². The molecule has 1 N–H and O–H groups in total. The lowest BCUT2D eigenvalue weighted by molar-refractivity contribution is -0.151. The van der Waals surface area contributed by atoms with Crippen LogP contribution in [0.1, 0.15) is 31.7 Å². The number of methoxy groups -OCH3 is 1. The van der Waals surface area contributed by atoms with Crippen LogP contribution in [0.4, 0.5) is 0 Å². The summed E-state index contributed by atoms with van der Waals surface area (Å²) in [6.45, 7) is 1.95. The van der Waals surface area contributed by atoms with E-state index < -0.39 is 17.5 Å². The van der Waals surface area contributed by atoms with Gasteiger partial charge in [0.1, 0.15) is 5.60 Å². The van der Waals surface area contributed by atoms with Crippen molar-refractivity contribution < 1.29 is 24.2 Å². The number of benzene rings is 1. The van der Waals surface area contributed by atoms with Gasteiger partial charge in [0, 0.05) is 6.42 Å². The van der Waals surface area contributed by atoms with Gasteiger partial charge in [-0.25, -0.2) is 0 Å². The Balaban J connectivity index is 2.88. The number of ether oxygens (including phenoxy) is 2. The zero-order valence-electron chi connectivity index (χ0n) is 11.8. The van der Waals surface area contributed by atoms with Crippen LogP contribution in [0.15, 0.2) is 30.3 Å². The number of aliphatic hydroxyl groups is 1. The second-order valence-electron chi connectivity index (χ2n) is 4.46. The van der Waals surface area contributed by atoms with Crippen LogP contribution >= 0.6 is 0 Å². The molecule has 1 aromatic carbocycles. The summed E-state index contributed by atoms with van der Waals surface area (Å²) in [4.78, 5) is 22.9. The SMILES string of the molecule is CCOC(=O)CC(O)(CCC(=O)OC)c1ccccc1. The molecule has 0 saturated carbocycles. The second-order valence-corrected chi connectivity index (χ2v) is 4.46. The first-order chi connectivity index (χ1) is 9.51. The lowest BCUT2D eigenvalue weighted by atomic mass is 9.86. The van der Waals surface area contributed by atoms with Gasteiger partial charge >= 0.3 is 11.9 Å². The van der Waals surface area contributed by atoms with Crippen LogP contribution in [0.5, 0.6) is 0 Å². The van der Waals surface area contributed by atoms with E-state index in [1.54, 1.807) is 31.2 Å². The highest BCUT2D eigenvalue weighted by Crippen LogP contribution is 2.30. The van der Waals surface area contributed by atoms with Crippen molar-refractivity contribution in [3.8, 4) is 0 Å². The zero-order chi connectivity index (χ0) is 15.0. The molecule has 1 unspecified atom stereocenters. The zero-order valence-corrected chi connectivity index (χ0v) is 11.8. The lowest BCUT2D eigenvalue weighted by Crippen LogP contribution is -2.31. The Morgan fingerprint density at radius 3 is 2.40 bits per heavy atom. The van der Waals surface area contributed by atoms with Gasteiger partial charge in [0.2, 0.25) is 0 Å². The smallest absolute Gasteiger partial charge is 0.309 e. The van der Waals surface area contributed by atoms with Crippen molar-refractivity contribution in [3.05, 3.63) is 35.9 Å². The van der Waals surface area contributed by atoms with Gasteiger partial charge in [0.15, 0.2) is 0 Å². The van der Waals surface area contributed by atoms with Crippen molar-refractivity contribution in [2.45, 2.75) is 31.8 Å². The predicted octanol–water partition coefficient (Wildman–Crippen LogP) is 1.78. The summed E-state index contributed by atoms with van der Waals surface area (Å²) < 4.78 is 9.44. The van der Waals surface area contributed by atoms with Gasteiger partial charge in [-0.3, -0.25) is 9.59 Å². The minimum atomic E-state index is -1.43. The van der Waals surface area contributed by atoms with Crippen LogP contribution < -0.4 is 0 Å². The first kappa shape index (κ1) is 16.2. The van der Waals surface area contributed by atoms with E-state index in [4.69, 9.17) is 4.74 Å². The molecule has 0 aliphatic carbocycles. The molecule has 20 heavy (non-hydrogen) atoms. The summed E-state index contributed by atoms with van der Waals surface area (Å²) in [6.07, 6.45) is -0.0638. The number of esters is 2. The highest BCUT2D eigenvalue weighted by atomic mass is 16.5. The number of carbonyl (C=O) groups excluding carboxylic acids is 2. The van der Waals surface area contributed by atoms with Gasteiger partial charge < -0.3 is 14.6 Å². The fraction of sp³-hybridized carbons (Fsp3) is 0.467. The molecule has 0 saturated heterocycles. The number of hydrogen-bond acceptors (Lipinski definition) is 5. The van der Waals surface area contributed by atoms with Gasteiger partial charge in [-0.2, -0.15) is 0 Å². The molecule has 0 bridgehead atoms. The van der Waals surface area contributed by atoms with Gasteiger partial charge in [0.25, 0.3) is 0 Å². The maximum absolute atomic E-state index is 11.6. The van der Waals surface area contributed by atoms with E-state index in [2.05, 4.69) is 4.74 Å². The number of rotatable bonds is 7. The molecule has 0 heterocycles. The predicted molar refractivity (Wildman–Crippen MR) is 72.8 cm³/mol. The van der Waals surface area contributed by atoms with Crippen LogP contribution in [0.2, 0.25) is 0 Å². The quantitative estimate of drug-likeness (QED) is 0.771. The maximum atomic E-state index is 11.6. The van der Waals surface area contributed by atoms with E-state index in [-0.39, 0.29) is 25.9 Å². The second kappa shape index (κ2) is 7.65. The molecular formula is C15H20O5. The highest BCUT2D eigenvalue weighted by Gasteiger charge is 2.33. The van der Waals surface area contributed by atoms with Gasteiger partial charge in [0.05, 0.1) is 20.1 Å². The molecular weight excluding hydrogens is 260 g/mol. The van der Waals surface area contributed by atoms with Crippen LogP contribution in [-0.4, -0.2) is 30.8 Å². The third-order valence-corrected chi connectivity index (χ3v) is 3.02. The van der Waals surface area contributed by atoms with Gasteiger partial charge in [-0.05, 0) is 18.9 Å². The molecule has 0 spiro atoms. The fourth-order valence-electron chi connectivity index (χ4n) is 1.94. The van der Waals surface area contributed by atoms with E-state index in [1.807, 2.05) is 6.07 Å². The fourth-order valence-corrected chi connectivity index (χ4v) is 1.94. The van der Waals surface area contributed by atoms with Crippen molar-refractivity contribution in [1.82, 2.24) is 0 Å². The van der Waals surface area contributed by atoms with Crippen LogP contribution in [-0.2, 0) is 24.7 Å². The Bertz CT molecular complexity index is 443. The minimum absolute atomic E-state index is 0.0291. The molecule has 0 aliphatic rings. The van der Waals surface area contributed by atoms with Gasteiger partial charge in [-0.15, -0.1) is 0 Å². The van der Waals surface area contributed by atoms with Crippen molar-refractivity contribution >= 4 is 11.9 Å². The minimum Gasteiger partial charge on any atom is -0.469 e. The summed E-state index contributed by atoms with van der Waals surface area (Å²) in [5.41, 5.74) is -0.848. The first-order valence-electron chi connectivity index (χ1n) is 6.52. The maximum Gasteiger partial charge on any atom is 0.309 e. The topological polar surface area (TPSA) is 72.8 Å². The molecule has 0 aliphatic heterocycles. The molecule has 0 amide bonds. The lowest BCUT2D eigenvalue weighted by Gasteiger charge is -2.27. The summed E-state index contributed by atoms with van der Waals surface area (Å²) in [7, 11) is 1.29. The van der Waals surface area contributed by atoms with Crippen LogP contribution in [0.25, 0.3) is 0 Å². The summed E-state index contributed by atoms with van der Waals surface area (Å²) >= 11 is 0. The first-order valence-corrected chi connectivity index (χ1v) is 6.52. The Morgan fingerprint density at radius 1 is 1.20 bits per heavy atom.